The first-order chi connectivity index (χ1) is 7.07. The van der Waals surface area contributed by atoms with Crippen molar-refractivity contribution in [2.24, 2.45) is 5.10 Å². The number of para-hydroxylation sites is 1. The van der Waals surface area contributed by atoms with Gasteiger partial charge in [-0.15, -0.1) is 0 Å². The lowest BCUT2D eigenvalue weighted by Crippen LogP contribution is -2.11. The van der Waals surface area contributed by atoms with Gasteiger partial charge < -0.3 is 0 Å². The third-order valence-corrected chi connectivity index (χ3v) is 2.67. The summed E-state index contributed by atoms with van der Waals surface area (Å²) in [7, 11) is -4.27. The number of anilines is 1. The van der Waals surface area contributed by atoms with Crippen molar-refractivity contribution in [2.75, 3.05) is 5.43 Å². The molecule has 15 heavy (non-hydrogen) atoms. The van der Waals surface area contributed by atoms with Crippen LogP contribution in [0.25, 0.3) is 6.08 Å². The highest BCUT2D eigenvalue weighted by Crippen LogP contribution is 2.19. The summed E-state index contributed by atoms with van der Waals surface area (Å²) in [5, 5.41) is 3.17. The third kappa shape index (κ3) is 2.05. The lowest BCUT2D eigenvalue weighted by molar-refractivity contribution is 0.498. The minimum absolute atomic E-state index is 0.404. The van der Waals surface area contributed by atoms with E-state index in [-0.39, 0.29) is 0 Å². The highest BCUT2D eigenvalue weighted by molar-refractivity contribution is 8.02. The number of fused-ring (bicyclic) bond motifs is 1. The zero-order valence-corrected chi connectivity index (χ0v) is 8.40. The van der Waals surface area contributed by atoms with Gasteiger partial charge in [-0.1, -0.05) is 18.2 Å². The van der Waals surface area contributed by atoms with Gasteiger partial charge in [-0.3, -0.25) is 9.98 Å². The minimum Gasteiger partial charge on any atom is -0.281 e. The average molecular weight is 224 g/mol. The predicted octanol–water partition coefficient (Wildman–Crippen LogP) is 1.33. The number of nitrogens with zero attached hydrogens (tertiary/aromatic N) is 1. The van der Waals surface area contributed by atoms with E-state index in [2.05, 4.69) is 10.5 Å². The van der Waals surface area contributed by atoms with Gasteiger partial charge in [0.1, 0.15) is 0 Å². The molecule has 0 bridgehead atoms. The van der Waals surface area contributed by atoms with Gasteiger partial charge in [-0.2, -0.15) is 13.5 Å². The largest absolute Gasteiger partial charge is 0.313 e. The van der Waals surface area contributed by atoms with E-state index in [9.17, 15) is 8.42 Å². The van der Waals surface area contributed by atoms with Gasteiger partial charge in [0.2, 0.25) is 5.04 Å². The molecule has 0 spiro atoms. The van der Waals surface area contributed by atoms with Crippen LogP contribution in [0.4, 0.5) is 5.69 Å². The smallest absolute Gasteiger partial charge is 0.281 e. The number of hydrazone groups is 1. The second-order valence-corrected chi connectivity index (χ2v) is 4.33. The molecule has 78 valence electrons. The molecule has 6 heteroatoms. The SMILES string of the molecule is O=S(=O)(O)C1=NNc2ccccc2C=C1. The van der Waals surface area contributed by atoms with Crippen LogP contribution in [0.1, 0.15) is 5.56 Å². The van der Waals surface area contributed by atoms with Crippen molar-refractivity contribution in [3.8, 4) is 0 Å². The Bertz CT molecular complexity index is 546. The van der Waals surface area contributed by atoms with E-state index in [1.165, 1.54) is 6.08 Å². The Balaban J connectivity index is 2.47. The molecular weight excluding hydrogens is 216 g/mol. The van der Waals surface area contributed by atoms with Gasteiger partial charge in [-0.05, 0) is 23.8 Å². The molecule has 2 rings (SSSR count). The Labute approximate surface area is 86.9 Å². The van der Waals surface area contributed by atoms with Crippen LogP contribution in [0.2, 0.25) is 0 Å². The molecular formula is C9H8N2O3S. The van der Waals surface area contributed by atoms with Gasteiger partial charge in [-0.25, -0.2) is 0 Å². The van der Waals surface area contributed by atoms with Crippen molar-refractivity contribution in [3.05, 3.63) is 35.9 Å². The zero-order chi connectivity index (χ0) is 10.9. The second-order valence-electron chi connectivity index (χ2n) is 2.96. The van der Waals surface area contributed by atoms with Gasteiger partial charge in [0.15, 0.2) is 0 Å². The molecule has 0 aromatic heterocycles. The Hall–Kier alpha value is -1.66. The average Bonchev–Trinajstić information content (AvgIpc) is 2.38. The molecule has 1 aromatic carbocycles. The Morgan fingerprint density at radius 2 is 1.93 bits per heavy atom. The topological polar surface area (TPSA) is 78.8 Å². The summed E-state index contributed by atoms with van der Waals surface area (Å²) in [6.45, 7) is 0. The molecule has 0 saturated heterocycles. The molecule has 0 saturated carbocycles. The van der Waals surface area contributed by atoms with Crippen LogP contribution < -0.4 is 5.43 Å². The lowest BCUT2D eigenvalue weighted by atomic mass is 10.2. The van der Waals surface area contributed by atoms with Crippen LogP contribution in [-0.2, 0) is 10.1 Å². The van der Waals surface area contributed by atoms with Crippen molar-refractivity contribution in [1.82, 2.24) is 0 Å². The van der Waals surface area contributed by atoms with Crippen LogP contribution in [0.3, 0.4) is 0 Å². The molecule has 1 aliphatic rings. The first kappa shape index (κ1) is 9.88. The van der Waals surface area contributed by atoms with Crippen molar-refractivity contribution in [2.45, 2.75) is 0 Å². The summed E-state index contributed by atoms with van der Waals surface area (Å²) in [5.41, 5.74) is 4.06. The first-order valence-electron chi connectivity index (χ1n) is 4.16. The number of benzene rings is 1. The molecule has 0 amide bonds. The van der Waals surface area contributed by atoms with E-state index in [1.54, 1.807) is 24.3 Å². The Morgan fingerprint density at radius 1 is 1.20 bits per heavy atom. The lowest BCUT2D eigenvalue weighted by Gasteiger charge is -2.01. The fourth-order valence-corrected chi connectivity index (χ4v) is 1.60. The monoisotopic (exact) mass is 224 g/mol. The molecule has 5 nitrogen and oxygen atoms in total. The van der Waals surface area contributed by atoms with E-state index < -0.39 is 15.2 Å². The Kier molecular flexibility index (Phi) is 2.29. The molecule has 0 radical (unpaired) electrons. The van der Waals surface area contributed by atoms with Crippen molar-refractivity contribution < 1.29 is 13.0 Å². The molecule has 0 unspecified atom stereocenters. The highest BCUT2D eigenvalue weighted by Gasteiger charge is 2.15. The molecule has 0 aliphatic carbocycles. The first-order valence-corrected chi connectivity index (χ1v) is 5.60. The fourth-order valence-electron chi connectivity index (χ4n) is 1.20. The maximum atomic E-state index is 10.8. The van der Waals surface area contributed by atoms with Crippen molar-refractivity contribution >= 4 is 26.9 Å². The van der Waals surface area contributed by atoms with Crippen LogP contribution in [-0.4, -0.2) is 18.0 Å². The van der Waals surface area contributed by atoms with Gasteiger partial charge >= 0.3 is 10.1 Å². The van der Waals surface area contributed by atoms with Crippen LogP contribution in [0.5, 0.6) is 0 Å². The quantitative estimate of drug-likeness (QED) is 0.651. The van der Waals surface area contributed by atoms with Crippen LogP contribution in [0.15, 0.2) is 35.4 Å². The summed E-state index contributed by atoms with van der Waals surface area (Å²) >= 11 is 0. The maximum absolute atomic E-state index is 10.8. The number of rotatable bonds is 0. The summed E-state index contributed by atoms with van der Waals surface area (Å²) < 4.78 is 30.4. The molecule has 1 aromatic rings. The van der Waals surface area contributed by atoms with Crippen molar-refractivity contribution in [3.63, 3.8) is 0 Å². The summed E-state index contributed by atoms with van der Waals surface area (Å²) in [4.78, 5) is 0. The third-order valence-electron chi connectivity index (χ3n) is 1.92. The molecule has 0 fully saturated rings. The number of nitrogens with one attached hydrogen (secondary N) is 1. The van der Waals surface area contributed by atoms with E-state index >= 15 is 0 Å². The van der Waals surface area contributed by atoms with E-state index in [1.807, 2.05) is 6.07 Å². The fraction of sp³-hybridized carbons (Fsp3) is 0. The van der Waals surface area contributed by atoms with E-state index in [0.717, 1.165) is 5.56 Å². The molecule has 1 aliphatic heterocycles. The molecule has 1 heterocycles. The second kappa shape index (κ2) is 3.48. The highest BCUT2D eigenvalue weighted by atomic mass is 32.2. The summed E-state index contributed by atoms with van der Waals surface area (Å²) in [6, 6.07) is 7.19. The van der Waals surface area contributed by atoms with Crippen LogP contribution in [0, 0.1) is 0 Å². The number of hydrogen-bond acceptors (Lipinski definition) is 4. The van der Waals surface area contributed by atoms with Crippen LogP contribution >= 0.6 is 0 Å². The van der Waals surface area contributed by atoms with Crippen molar-refractivity contribution in [1.29, 1.82) is 0 Å². The summed E-state index contributed by atoms with van der Waals surface area (Å²) in [6.07, 6.45) is 2.82. The van der Waals surface area contributed by atoms with Gasteiger partial charge in [0.05, 0.1) is 5.69 Å². The number of hydrogen-bond donors (Lipinski definition) is 2. The van der Waals surface area contributed by atoms with Gasteiger partial charge in [0.25, 0.3) is 0 Å². The molecule has 0 atom stereocenters. The maximum Gasteiger partial charge on any atom is 0.313 e. The van der Waals surface area contributed by atoms with Gasteiger partial charge in [0, 0.05) is 0 Å². The minimum atomic E-state index is -4.27. The Morgan fingerprint density at radius 3 is 2.67 bits per heavy atom. The molecule has 2 N–H and O–H groups in total. The predicted molar refractivity (Wildman–Crippen MR) is 58.1 cm³/mol. The standard InChI is InChI=1S/C9H8N2O3S/c12-15(13,14)9-6-5-7-3-1-2-4-8(7)10-11-9/h1-6,10H,(H,12,13,14). The summed E-state index contributed by atoms with van der Waals surface area (Å²) in [5.74, 6) is 0. The van der Waals surface area contributed by atoms with E-state index in [4.69, 9.17) is 4.55 Å². The van der Waals surface area contributed by atoms with E-state index in [0.29, 0.717) is 5.69 Å². The zero-order valence-electron chi connectivity index (χ0n) is 7.58. The normalized spacial score (nSPS) is 14.9.